The van der Waals surface area contributed by atoms with E-state index < -0.39 is 11.7 Å². The van der Waals surface area contributed by atoms with Gasteiger partial charge in [0.1, 0.15) is 0 Å². The van der Waals surface area contributed by atoms with E-state index in [0.717, 1.165) is 32.0 Å². The highest BCUT2D eigenvalue weighted by molar-refractivity contribution is 5.53. The summed E-state index contributed by atoms with van der Waals surface area (Å²) < 4.78 is 38.8. The monoisotopic (exact) mass is 297 g/mol. The van der Waals surface area contributed by atoms with Crippen LogP contribution in [0.3, 0.4) is 0 Å². The Kier molecular flexibility index (Phi) is 4.73. The van der Waals surface area contributed by atoms with Crippen molar-refractivity contribution in [1.82, 2.24) is 5.32 Å². The second-order valence-electron chi connectivity index (χ2n) is 5.41. The smallest absolute Gasteiger partial charge is 0.382 e. The molecule has 0 aliphatic carbocycles. The van der Waals surface area contributed by atoms with Crippen LogP contribution in [0.5, 0.6) is 0 Å². The fourth-order valence-corrected chi connectivity index (χ4v) is 2.65. The van der Waals surface area contributed by atoms with E-state index >= 15 is 0 Å². The summed E-state index contributed by atoms with van der Waals surface area (Å²) in [5.41, 5.74) is -0.830. The molecule has 1 heterocycles. The Bertz CT molecular complexity index is 528. The van der Waals surface area contributed by atoms with Gasteiger partial charge in [-0.1, -0.05) is 0 Å². The van der Waals surface area contributed by atoms with E-state index in [1.807, 2.05) is 6.92 Å². The van der Waals surface area contributed by atoms with E-state index in [4.69, 9.17) is 5.26 Å². The molecule has 0 radical (unpaired) electrons. The van der Waals surface area contributed by atoms with Gasteiger partial charge in [0.15, 0.2) is 0 Å². The average molecular weight is 297 g/mol. The molecule has 2 N–H and O–H groups in total. The molecule has 0 spiro atoms. The minimum atomic E-state index is -4.52. The first-order valence-corrected chi connectivity index (χ1v) is 7.00. The lowest BCUT2D eigenvalue weighted by atomic mass is 9.92. The predicted octanol–water partition coefficient (Wildman–Crippen LogP) is 3.38. The Morgan fingerprint density at radius 2 is 2.19 bits per heavy atom. The lowest BCUT2D eigenvalue weighted by Crippen LogP contribution is -2.38. The number of hydrogen-bond acceptors (Lipinski definition) is 3. The molecule has 2 atom stereocenters. The van der Waals surface area contributed by atoms with Crippen LogP contribution in [0.25, 0.3) is 0 Å². The SMILES string of the molecule is CC(Nc1ccc(C#N)c(C(F)(F)F)c1)C1CCCNC1. The summed E-state index contributed by atoms with van der Waals surface area (Å²) in [6.07, 6.45) is -2.38. The molecule has 1 aliphatic rings. The van der Waals surface area contributed by atoms with E-state index in [1.54, 1.807) is 6.07 Å². The summed E-state index contributed by atoms with van der Waals surface area (Å²) in [6.45, 7) is 3.85. The topological polar surface area (TPSA) is 47.9 Å². The quantitative estimate of drug-likeness (QED) is 0.899. The van der Waals surface area contributed by atoms with Crippen LogP contribution in [0.4, 0.5) is 18.9 Å². The third-order valence-corrected chi connectivity index (χ3v) is 3.88. The summed E-state index contributed by atoms with van der Waals surface area (Å²) in [7, 11) is 0. The number of hydrogen-bond donors (Lipinski definition) is 2. The van der Waals surface area contributed by atoms with Gasteiger partial charge in [-0.25, -0.2) is 0 Å². The molecule has 0 aromatic heterocycles. The summed E-state index contributed by atoms with van der Waals surface area (Å²) in [6, 6.07) is 5.43. The van der Waals surface area contributed by atoms with Crippen molar-refractivity contribution in [2.24, 2.45) is 5.92 Å². The zero-order chi connectivity index (χ0) is 15.5. The largest absolute Gasteiger partial charge is 0.417 e. The van der Waals surface area contributed by atoms with Crippen LogP contribution in [0.1, 0.15) is 30.9 Å². The van der Waals surface area contributed by atoms with Crippen LogP contribution in [0.2, 0.25) is 0 Å². The summed E-state index contributed by atoms with van der Waals surface area (Å²) in [5, 5.41) is 15.2. The Labute approximate surface area is 122 Å². The van der Waals surface area contributed by atoms with Gasteiger partial charge in [-0.15, -0.1) is 0 Å². The number of alkyl halides is 3. The first kappa shape index (κ1) is 15.6. The number of piperidine rings is 1. The lowest BCUT2D eigenvalue weighted by Gasteiger charge is -2.29. The fourth-order valence-electron chi connectivity index (χ4n) is 2.65. The van der Waals surface area contributed by atoms with Gasteiger partial charge in [0.05, 0.1) is 17.2 Å². The molecule has 0 saturated carbocycles. The van der Waals surface area contributed by atoms with Crippen LogP contribution in [0, 0.1) is 17.2 Å². The fraction of sp³-hybridized carbons (Fsp3) is 0.533. The van der Waals surface area contributed by atoms with Crippen molar-refractivity contribution in [2.75, 3.05) is 18.4 Å². The molecule has 21 heavy (non-hydrogen) atoms. The molecule has 114 valence electrons. The Hall–Kier alpha value is -1.74. The number of halogens is 3. The van der Waals surface area contributed by atoms with Crippen molar-refractivity contribution < 1.29 is 13.2 Å². The van der Waals surface area contributed by atoms with Crippen LogP contribution in [-0.2, 0) is 6.18 Å². The molecule has 1 aliphatic heterocycles. The van der Waals surface area contributed by atoms with Crippen molar-refractivity contribution in [3.63, 3.8) is 0 Å². The number of anilines is 1. The van der Waals surface area contributed by atoms with Crippen LogP contribution < -0.4 is 10.6 Å². The van der Waals surface area contributed by atoms with E-state index in [-0.39, 0.29) is 11.6 Å². The van der Waals surface area contributed by atoms with Crippen molar-refractivity contribution >= 4 is 5.69 Å². The maximum Gasteiger partial charge on any atom is 0.417 e. The third-order valence-electron chi connectivity index (χ3n) is 3.88. The van der Waals surface area contributed by atoms with Gasteiger partial charge in [0, 0.05) is 11.7 Å². The molecule has 1 aromatic carbocycles. The van der Waals surface area contributed by atoms with Gasteiger partial charge in [-0.05, 0) is 57.0 Å². The molecular weight excluding hydrogens is 279 g/mol. The maximum absolute atomic E-state index is 12.9. The standard InChI is InChI=1S/C15H18F3N3/c1-10(12-3-2-6-20-9-12)21-13-5-4-11(8-19)14(7-13)15(16,17)18/h4-5,7,10,12,20-21H,2-3,6,9H2,1H3. The first-order valence-electron chi connectivity index (χ1n) is 7.00. The minimum absolute atomic E-state index is 0.0758. The zero-order valence-electron chi connectivity index (χ0n) is 11.8. The van der Waals surface area contributed by atoms with Gasteiger partial charge in [-0.3, -0.25) is 0 Å². The number of rotatable bonds is 3. The van der Waals surface area contributed by atoms with Crippen molar-refractivity contribution in [3.05, 3.63) is 29.3 Å². The summed E-state index contributed by atoms with van der Waals surface area (Å²) >= 11 is 0. The number of nitrogens with zero attached hydrogens (tertiary/aromatic N) is 1. The van der Waals surface area contributed by atoms with Gasteiger partial charge in [0.2, 0.25) is 0 Å². The highest BCUT2D eigenvalue weighted by atomic mass is 19.4. The molecule has 3 nitrogen and oxygen atoms in total. The van der Waals surface area contributed by atoms with Crippen LogP contribution in [-0.4, -0.2) is 19.1 Å². The molecule has 1 saturated heterocycles. The van der Waals surface area contributed by atoms with Crippen molar-refractivity contribution in [3.8, 4) is 6.07 Å². The highest BCUT2D eigenvalue weighted by Gasteiger charge is 2.34. The second kappa shape index (κ2) is 6.35. The summed E-state index contributed by atoms with van der Waals surface area (Å²) in [4.78, 5) is 0. The van der Waals surface area contributed by atoms with E-state index in [0.29, 0.717) is 11.6 Å². The Balaban J connectivity index is 2.15. The molecule has 2 unspecified atom stereocenters. The molecule has 0 amide bonds. The Morgan fingerprint density at radius 1 is 1.43 bits per heavy atom. The Morgan fingerprint density at radius 3 is 2.76 bits per heavy atom. The van der Waals surface area contributed by atoms with Crippen molar-refractivity contribution in [1.29, 1.82) is 5.26 Å². The normalized spacial score (nSPS) is 20.6. The van der Waals surface area contributed by atoms with E-state index in [2.05, 4.69) is 10.6 Å². The highest BCUT2D eigenvalue weighted by Crippen LogP contribution is 2.34. The van der Waals surface area contributed by atoms with Gasteiger partial charge >= 0.3 is 6.18 Å². The predicted molar refractivity (Wildman–Crippen MR) is 74.8 cm³/mol. The summed E-state index contributed by atoms with van der Waals surface area (Å²) in [5.74, 6) is 0.392. The molecule has 6 heteroatoms. The van der Waals surface area contributed by atoms with Gasteiger partial charge < -0.3 is 10.6 Å². The first-order chi connectivity index (χ1) is 9.91. The van der Waals surface area contributed by atoms with Gasteiger partial charge in [-0.2, -0.15) is 18.4 Å². The molecular formula is C15H18F3N3. The third kappa shape index (κ3) is 3.88. The number of nitriles is 1. The molecule has 2 rings (SSSR count). The number of nitrogens with one attached hydrogen (secondary N) is 2. The van der Waals surface area contributed by atoms with E-state index in [9.17, 15) is 13.2 Å². The second-order valence-corrected chi connectivity index (χ2v) is 5.41. The minimum Gasteiger partial charge on any atom is -0.382 e. The van der Waals surface area contributed by atoms with Crippen LogP contribution >= 0.6 is 0 Å². The van der Waals surface area contributed by atoms with E-state index in [1.165, 1.54) is 12.1 Å². The van der Waals surface area contributed by atoms with Gasteiger partial charge in [0.25, 0.3) is 0 Å². The van der Waals surface area contributed by atoms with Crippen molar-refractivity contribution in [2.45, 2.75) is 32.0 Å². The molecule has 1 aromatic rings. The molecule has 1 fully saturated rings. The van der Waals surface area contributed by atoms with Crippen LogP contribution in [0.15, 0.2) is 18.2 Å². The number of benzene rings is 1. The lowest BCUT2D eigenvalue weighted by molar-refractivity contribution is -0.137. The maximum atomic E-state index is 12.9. The zero-order valence-corrected chi connectivity index (χ0v) is 11.8. The average Bonchev–Trinajstić information content (AvgIpc) is 2.47. The molecule has 0 bridgehead atoms.